The molecule has 0 aliphatic carbocycles. The van der Waals surface area contributed by atoms with Crippen LogP contribution in [-0.2, 0) is 11.2 Å². The molecule has 3 heteroatoms. The van der Waals surface area contributed by atoms with Crippen molar-refractivity contribution in [2.75, 3.05) is 17.2 Å². The van der Waals surface area contributed by atoms with E-state index in [0.29, 0.717) is 5.69 Å². The SMILES string of the molecule is CC/C=C(/C)C(=O)N1CCc2cccc(N)c21. The van der Waals surface area contributed by atoms with Gasteiger partial charge in [0, 0.05) is 12.1 Å². The van der Waals surface area contributed by atoms with Crippen LogP contribution in [0.5, 0.6) is 0 Å². The van der Waals surface area contributed by atoms with Gasteiger partial charge in [0.05, 0.1) is 11.4 Å². The largest absolute Gasteiger partial charge is 0.397 e. The van der Waals surface area contributed by atoms with E-state index in [2.05, 4.69) is 0 Å². The predicted molar refractivity (Wildman–Crippen MR) is 71.0 cm³/mol. The molecule has 3 nitrogen and oxygen atoms in total. The second kappa shape index (κ2) is 4.62. The van der Waals surface area contributed by atoms with Crippen molar-refractivity contribution in [3.63, 3.8) is 0 Å². The molecular weight excluding hydrogens is 212 g/mol. The average molecular weight is 230 g/mol. The summed E-state index contributed by atoms with van der Waals surface area (Å²) in [5, 5.41) is 0. The van der Waals surface area contributed by atoms with Gasteiger partial charge in [-0.1, -0.05) is 25.1 Å². The molecule has 1 amide bonds. The predicted octanol–water partition coefficient (Wildman–Crippen LogP) is 2.51. The summed E-state index contributed by atoms with van der Waals surface area (Å²) in [5.74, 6) is 0.0727. The van der Waals surface area contributed by atoms with Gasteiger partial charge in [0.15, 0.2) is 0 Å². The van der Waals surface area contributed by atoms with Crippen molar-refractivity contribution in [2.24, 2.45) is 0 Å². The second-order valence-electron chi connectivity index (χ2n) is 4.36. The number of hydrogen-bond donors (Lipinski definition) is 1. The Morgan fingerprint density at radius 3 is 3.00 bits per heavy atom. The number of carbonyl (C=O) groups is 1. The maximum absolute atomic E-state index is 12.3. The Bertz CT molecular complexity index is 477. The van der Waals surface area contributed by atoms with Gasteiger partial charge in [0.1, 0.15) is 0 Å². The lowest BCUT2D eigenvalue weighted by atomic mass is 10.1. The van der Waals surface area contributed by atoms with Crippen molar-refractivity contribution in [3.05, 3.63) is 35.4 Å². The number of rotatable bonds is 2. The molecule has 0 fully saturated rings. The molecule has 90 valence electrons. The number of fused-ring (bicyclic) bond motifs is 1. The molecule has 0 aromatic heterocycles. The van der Waals surface area contributed by atoms with Gasteiger partial charge in [-0.05, 0) is 31.4 Å². The fraction of sp³-hybridized carbons (Fsp3) is 0.357. The van der Waals surface area contributed by atoms with Gasteiger partial charge in [-0.2, -0.15) is 0 Å². The number of anilines is 2. The minimum atomic E-state index is 0.0727. The zero-order valence-corrected chi connectivity index (χ0v) is 10.4. The van der Waals surface area contributed by atoms with Crippen LogP contribution in [0.1, 0.15) is 25.8 Å². The van der Waals surface area contributed by atoms with Crippen molar-refractivity contribution in [3.8, 4) is 0 Å². The fourth-order valence-corrected chi connectivity index (χ4v) is 2.30. The van der Waals surface area contributed by atoms with E-state index >= 15 is 0 Å². The van der Waals surface area contributed by atoms with Crippen LogP contribution < -0.4 is 10.6 Å². The second-order valence-corrected chi connectivity index (χ2v) is 4.36. The van der Waals surface area contributed by atoms with Crippen LogP contribution in [0.15, 0.2) is 29.8 Å². The van der Waals surface area contributed by atoms with E-state index < -0.39 is 0 Å². The highest BCUT2D eigenvalue weighted by molar-refractivity contribution is 6.08. The third-order valence-electron chi connectivity index (χ3n) is 3.12. The van der Waals surface area contributed by atoms with E-state index in [1.54, 1.807) is 4.90 Å². The summed E-state index contributed by atoms with van der Waals surface area (Å²) >= 11 is 0. The van der Waals surface area contributed by atoms with Crippen LogP contribution in [0.25, 0.3) is 0 Å². The highest BCUT2D eigenvalue weighted by atomic mass is 16.2. The summed E-state index contributed by atoms with van der Waals surface area (Å²) < 4.78 is 0. The lowest BCUT2D eigenvalue weighted by molar-refractivity contribution is -0.115. The molecule has 1 aromatic carbocycles. The number of allylic oxidation sites excluding steroid dienone is 1. The molecular formula is C14H18N2O. The number of carbonyl (C=O) groups excluding carboxylic acids is 1. The number of hydrogen-bond acceptors (Lipinski definition) is 2. The third-order valence-corrected chi connectivity index (χ3v) is 3.12. The zero-order valence-electron chi connectivity index (χ0n) is 10.4. The first-order chi connectivity index (χ1) is 8.15. The number of amides is 1. The zero-order chi connectivity index (χ0) is 12.4. The van der Waals surface area contributed by atoms with E-state index in [1.165, 1.54) is 5.56 Å². The summed E-state index contributed by atoms with van der Waals surface area (Å²) in [4.78, 5) is 14.1. The van der Waals surface area contributed by atoms with Gasteiger partial charge in [-0.15, -0.1) is 0 Å². The first-order valence-electron chi connectivity index (χ1n) is 6.01. The molecule has 17 heavy (non-hydrogen) atoms. The van der Waals surface area contributed by atoms with Crippen LogP contribution >= 0.6 is 0 Å². The minimum absolute atomic E-state index is 0.0727. The highest BCUT2D eigenvalue weighted by Crippen LogP contribution is 2.34. The third kappa shape index (κ3) is 2.05. The fourth-order valence-electron chi connectivity index (χ4n) is 2.30. The Hall–Kier alpha value is -1.77. The summed E-state index contributed by atoms with van der Waals surface area (Å²) in [6, 6.07) is 5.83. The Labute approximate surface area is 102 Å². The summed E-state index contributed by atoms with van der Waals surface area (Å²) in [7, 11) is 0. The van der Waals surface area contributed by atoms with Crippen molar-refractivity contribution in [1.29, 1.82) is 0 Å². The molecule has 1 aliphatic heterocycles. The Morgan fingerprint density at radius 1 is 1.53 bits per heavy atom. The Morgan fingerprint density at radius 2 is 2.29 bits per heavy atom. The first kappa shape index (κ1) is 11.7. The Kier molecular flexibility index (Phi) is 3.18. The lowest BCUT2D eigenvalue weighted by Crippen LogP contribution is -2.30. The number of nitrogen functional groups attached to an aromatic ring is 1. The summed E-state index contributed by atoms with van der Waals surface area (Å²) in [6.45, 7) is 4.63. The summed E-state index contributed by atoms with van der Waals surface area (Å²) in [6.07, 6.45) is 3.73. The molecule has 0 spiro atoms. The van der Waals surface area contributed by atoms with E-state index in [1.807, 2.05) is 38.1 Å². The van der Waals surface area contributed by atoms with Crippen LogP contribution in [0.3, 0.4) is 0 Å². The van der Waals surface area contributed by atoms with Crippen molar-refractivity contribution in [2.45, 2.75) is 26.7 Å². The number of nitrogens with two attached hydrogens (primary N) is 1. The molecule has 0 radical (unpaired) electrons. The molecule has 1 aliphatic rings. The average Bonchev–Trinajstić information content (AvgIpc) is 2.73. The molecule has 2 N–H and O–H groups in total. The van der Waals surface area contributed by atoms with Gasteiger partial charge in [0.2, 0.25) is 0 Å². The molecule has 1 heterocycles. The standard InChI is InChI=1S/C14H18N2O/c1-3-5-10(2)14(17)16-9-8-11-6-4-7-12(15)13(11)16/h4-7H,3,8-9,15H2,1-2H3/b10-5-. The molecule has 0 saturated heterocycles. The maximum Gasteiger partial charge on any atom is 0.253 e. The van der Waals surface area contributed by atoms with Crippen molar-refractivity contribution < 1.29 is 4.79 Å². The molecule has 2 rings (SSSR count). The van der Waals surface area contributed by atoms with Gasteiger partial charge in [-0.3, -0.25) is 4.79 Å². The number of benzene rings is 1. The van der Waals surface area contributed by atoms with Gasteiger partial charge in [-0.25, -0.2) is 0 Å². The van der Waals surface area contributed by atoms with E-state index in [4.69, 9.17) is 5.73 Å². The maximum atomic E-state index is 12.3. The van der Waals surface area contributed by atoms with Crippen LogP contribution in [0, 0.1) is 0 Å². The summed E-state index contributed by atoms with van der Waals surface area (Å²) in [5.41, 5.74) is 9.52. The van der Waals surface area contributed by atoms with Gasteiger partial charge < -0.3 is 10.6 Å². The van der Waals surface area contributed by atoms with E-state index in [9.17, 15) is 4.79 Å². The molecule has 0 unspecified atom stereocenters. The smallest absolute Gasteiger partial charge is 0.253 e. The quantitative estimate of drug-likeness (QED) is 0.627. The van der Waals surface area contributed by atoms with E-state index in [-0.39, 0.29) is 5.91 Å². The number of para-hydroxylation sites is 1. The molecule has 1 aromatic rings. The van der Waals surface area contributed by atoms with Crippen molar-refractivity contribution in [1.82, 2.24) is 0 Å². The molecule has 0 atom stereocenters. The monoisotopic (exact) mass is 230 g/mol. The normalized spacial score (nSPS) is 14.9. The minimum Gasteiger partial charge on any atom is -0.397 e. The van der Waals surface area contributed by atoms with E-state index in [0.717, 1.165) is 30.6 Å². The highest BCUT2D eigenvalue weighted by Gasteiger charge is 2.26. The van der Waals surface area contributed by atoms with Crippen LogP contribution in [0.2, 0.25) is 0 Å². The Balaban J connectivity index is 2.34. The molecule has 0 saturated carbocycles. The van der Waals surface area contributed by atoms with Crippen LogP contribution in [0.4, 0.5) is 11.4 Å². The van der Waals surface area contributed by atoms with Crippen molar-refractivity contribution >= 4 is 17.3 Å². The number of nitrogens with zero attached hydrogens (tertiary/aromatic N) is 1. The molecule has 0 bridgehead atoms. The van der Waals surface area contributed by atoms with Crippen LogP contribution in [-0.4, -0.2) is 12.5 Å². The topological polar surface area (TPSA) is 46.3 Å². The first-order valence-corrected chi connectivity index (χ1v) is 6.01. The van der Waals surface area contributed by atoms with Gasteiger partial charge >= 0.3 is 0 Å². The van der Waals surface area contributed by atoms with Gasteiger partial charge in [0.25, 0.3) is 5.91 Å². The lowest BCUT2D eigenvalue weighted by Gasteiger charge is -2.19.